The van der Waals surface area contributed by atoms with Crippen molar-refractivity contribution >= 4 is 17.4 Å². The zero-order valence-electron chi connectivity index (χ0n) is 21.1. The molecule has 8 heteroatoms. The Balaban J connectivity index is 1.21. The Hall–Kier alpha value is -2.97. The predicted molar refractivity (Wildman–Crippen MR) is 140 cm³/mol. The SMILES string of the molecule is CCc1cnc(N2CCC(COc3ccc(C4=CCC(C(=O)NC(CO)CO)CC4)cc3)CC2)nc1. The second-order valence-electron chi connectivity index (χ2n) is 9.78. The monoisotopic (exact) mass is 494 g/mol. The Morgan fingerprint density at radius 2 is 1.81 bits per heavy atom. The average Bonchev–Trinajstić information content (AvgIpc) is 2.95. The van der Waals surface area contributed by atoms with Crippen LogP contribution in [-0.4, -0.2) is 65.0 Å². The Labute approximate surface area is 213 Å². The van der Waals surface area contributed by atoms with E-state index in [1.807, 2.05) is 24.5 Å². The van der Waals surface area contributed by atoms with E-state index in [0.29, 0.717) is 18.9 Å². The van der Waals surface area contributed by atoms with E-state index in [0.717, 1.165) is 68.0 Å². The summed E-state index contributed by atoms with van der Waals surface area (Å²) >= 11 is 0. The number of amides is 1. The summed E-state index contributed by atoms with van der Waals surface area (Å²) in [5.41, 5.74) is 3.57. The molecule has 0 spiro atoms. The van der Waals surface area contributed by atoms with Gasteiger partial charge in [-0.1, -0.05) is 25.1 Å². The van der Waals surface area contributed by atoms with Crippen LogP contribution in [0.2, 0.25) is 0 Å². The van der Waals surface area contributed by atoms with E-state index in [1.165, 1.54) is 5.57 Å². The van der Waals surface area contributed by atoms with Crippen molar-refractivity contribution in [1.82, 2.24) is 15.3 Å². The lowest BCUT2D eigenvalue weighted by atomic mass is 9.86. The number of hydrogen-bond donors (Lipinski definition) is 3. The first-order valence-corrected chi connectivity index (χ1v) is 13.1. The summed E-state index contributed by atoms with van der Waals surface area (Å²) in [4.78, 5) is 23.6. The summed E-state index contributed by atoms with van der Waals surface area (Å²) in [6, 6.07) is 7.65. The van der Waals surface area contributed by atoms with Crippen LogP contribution in [0.3, 0.4) is 0 Å². The average molecular weight is 495 g/mol. The van der Waals surface area contributed by atoms with Gasteiger partial charge in [0, 0.05) is 31.4 Å². The number of ether oxygens (including phenoxy) is 1. The molecule has 0 saturated carbocycles. The van der Waals surface area contributed by atoms with Crippen molar-refractivity contribution in [2.24, 2.45) is 11.8 Å². The number of aryl methyl sites for hydroxylation is 1. The van der Waals surface area contributed by atoms with Crippen LogP contribution in [0.4, 0.5) is 5.95 Å². The van der Waals surface area contributed by atoms with Crippen LogP contribution in [0.1, 0.15) is 50.2 Å². The van der Waals surface area contributed by atoms with Crippen LogP contribution in [0.15, 0.2) is 42.7 Å². The molecule has 1 aliphatic carbocycles. The predicted octanol–water partition coefficient (Wildman–Crippen LogP) is 2.99. The van der Waals surface area contributed by atoms with Gasteiger partial charge < -0.3 is 25.2 Å². The second kappa shape index (κ2) is 12.8. The van der Waals surface area contributed by atoms with Gasteiger partial charge >= 0.3 is 0 Å². The third-order valence-corrected chi connectivity index (χ3v) is 7.28. The molecule has 194 valence electrons. The fraction of sp³-hybridized carbons (Fsp3) is 0.536. The highest BCUT2D eigenvalue weighted by Gasteiger charge is 2.24. The topological polar surface area (TPSA) is 108 Å². The molecule has 1 aromatic heterocycles. The van der Waals surface area contributed by atoms with Crippen molar-refractivity contribution in [1.29, 1.82) is 0 Å². The first-order valence-electron chi connectivity index (χ1n) is 13.1. The molecule has 0 bridgehead atoms. The van der Waals surface area contributed by atoms with Gasteiger partial charge in [-0.3, -0.25) is 4.79 Å². The molecule has 1 amide bonds. The van der Waals surface area contributed by atoms with E-state index >= 15 is 0 Å². The first-order chi connectivity index (χ1) is 17.6. The molecule has 4 rings (SSSR count). The maximum atomic E-state index is 12.3. The number of aliphatic hydroxyl groups is 2. The van der Waals surface area contributed by atoms with Crippen LogP contribution in [-0.2, 0) is 11.2 Å². The lowest BCUT2D eigenvalue weighted by molar-refractivity contribution is -0.126. The van der Waals surface area contributed by atoms with E-state index in [9.17, 15) is 4.79 Å². The van der Waals surface area contributed by atoms with Gasteiger partial charge in [0.2, 0.25) is 11.9 Å². The molecule has 1 saturated heterocycles. The van der Waals surface area contributed by atoms with Crippen molar-refractivity contribution in [3.63, 3.8) is 0 Å². The molecule has 3 N–H and O–H groups in total. The van der Waals surface area contributed by atoms with Crippen LogP contribution in [0, 0.1) is 11.8 Å². The first kappa shape index (κ1) is 26.1. The largest absolute Gasteiger partial charge is 0.493 e. The van der Waals surface area contributed by atoms with Gasteiger partial charge in [-0.05, 0) is 73.3 Å². The zero-order chi connectivity index (χ0) is 25.3. The van der Waals surface area contributed by atoms with Crippen LogP contribution in [0.5, 0.6) is 5.75 Å². The standard InChI is InChI=1S/C28H38N4O4/c1-2-20-15-29-28(30-16-20)32-13-11-21(12-14-32)19-36-26-9-7-23(8-10-26)22-3-5-24(6-4-22)27(35)31-25(17-33)18-34/h3,7-10,15-16,21,24-25,33-34H,2,4-6,11-14,17-19H2,1H3,(H,31,35). The number of hydrogen-bond acceptors (Lipinski definition) is 7. The molecule has 1 atom stereocenters. The van der Waals surface area contributed by atoms with Crippen molar-refractivity contribution in [2.75, 3.05) is 37.8 Å². The number of piperidine rings is 1. The lowest BCUT2D eigenvalue weighted by Crippen LogP contribution is -2.43. The summed E-state index contributed by atoms with van der Waals surface area (Å²) in [5.74, 6) is 2.01. The molecule has 1 aliphatic heterocycles. The number of carbonyl (C=O) groups excluding carboxylic acids is 1. The minimum atomic E-state index is -0.588. The minimum absolute atomic E-state index is 0.102. The van der Waals surface area contributed by atoms with Crippen molar-refractivity contribution in [3.8, 4) is 5.75 Å². The molecule has 36 heavy (non-hydrogen) atoms. The van der Waals surface area contributed by atoms with E-state index in [4.69, 9.17) is 14.9 Å². The van der Waals surface area contributed by atoms with E-state index in [-0.39, 0.29) is 25.0 Å². The number of allylic oxidation sites excluding steroid dienone is 2. The molecule has 8 nitrogen and oxygen atoms in total. The van der Waals surface area contributed by atoms with Gasteiger partial charge in [-0.25, -0.2) is 9.97 Å². The maximum Gasteiger partial charge on any atom is 0.225 e. The van der Waals surface area contributed by atoms with Crippen LogP contribution >= 0.6 is 0 Å². The summed E-state index contributed by atoms with van der Waals surface area (Å²) in [6.45, 7) is 4.21. The highest BCUT2D eigenvalue weighted by atomic mass is 16.5. The number of aromatic nitrogens is 2. The molecule has 2 heterocycles. The Kier molecular flexibility index (Phi) is 9.30. The molecule has 0 radical (unpaired) electrons. The summed E-state index contributed by atoms with van der Waals surface area (Å²) in [6.07, 6.45) is 11.3. The minimum Gasteiger partial charge on any atom is -0.493 e. The third-order valence-electron chi connectivity index (χ3n) is 7.28. The number of nitrogens with zero attached hydrogens (tertiary/aromatic N) is 3. The number of benzene rings is 1. The molecule has 1 unspecified atom stereocenters. The Morgan fingerprint density at radius 3 is 2.39 bits per heavy atom. The summed E-state index contributed by atoms with van der Waals surface area (Å²) in [5, 5.41) is 21.0. The highest BCUT2D eigenvalue weighted by molar-refractivity contribution is 5.81. The van der Waals surface area contributed by atoms with Crippen molar-refractivity contribution in [3.05, 3.63) is 53.9 Å². The lowest BCUT2D eigenvalue weighted by Gasteiger charge is -2.31. The fourth-order valence-electron chi connectivity index (χ4n) is 4.78. The van der Waals surface area contributed by atoms with E-state index in [2.05, 4.69) is 45.3 Å². The van der Waals surface area contributed by atoms with Gasteiger partial charge in [0.1, 0.15) is 5.75 Å². The van der Waals surface area contributed by atoms with Crippen LogP contribution in [0.25, 0.3) is 5.57 Å². The number of rotatable bonds is 10. The van der Waals surface area contributed by atoms with Crippen molar-refractivity contribution in [2.45, 2.75) is 51.5 Å². The molecule has 1 aromatic carbocycles. The zero-order valence-corrected chi connectivity index (χ0v) is 21.1. The smallest absolute Gasteiger partial charge is 0.225 e. The third kappa shape index (κ3) is 6.83. The van der Waals surface area contributed by atoms with Gasteiger partial charge in [0.15, 0.2) is 0 Å². The summed E-state index contributed by atoms with van der Waals surface area (Å²) in [7, 11) is 0. The van der Waals surface area contributed by atoms with Gasteiger partial charge in [0.25, 0.3) is 0 Å². The molecule has 2 aromatic rings. The number of aliphatic hydroxyl groups excluding tert-OH is 2. The maximum absolute atomic E-state index is 12.3. The summed E-state index contributed by atoms with van der Waals surface area (Å²) < 4.78 is 6.10. The van der Waals surface area contributed by atoms with Gasteiger partial charge in [0.05, 0.1) is 25.9 Å². The normalized spacial score (nSPS) is 18.7. The molecule has 1 fully saturated rings. The van der Waals surface area contributed by atoms with Crippen LogP contribution < -0.4 is 15.0 Å². The van der Waals surface area contributed by atoms with Gasteiger partial charge in [-0.15, -0.1) is 0 Å². The number of carbonyl (C=O) groups is 1. The Bertz CT molecular complexity index is 997. The molecular formula is C28H38N4O4. The van der Waals surface area contributed by atoms with E-state index in [1.54, 1.807) is 0 Å². The fourth-order valence-corrected chi connectivity index (χ4v) is 4.78. The van der Waals surface area contributed by atoms with Crippen molar-refractivity contribution < 1.29 is 19.7 Å². The van der Waals surface area contributed by atoms with E-state index < -0.39 is 6.04 Å². The highest BCUT2D eigenvalue weighted by Crippen LogP contribution is 2.31. The quantitative estimate of drug-likeness (QED) is 0.466. The van der Waals surface area contributed by atoms with Gasteiger partial charge in [-0.2, -0.15) is 0 Å². The number of anilines is 1. The molecule has 2 aliphatic rings. The Morgan fingerprint density at radius 1 is 1.11 bits per heavy atom. The second-order valence-corrected chi connectivity index (χ2v) is 9.78. The number of nitrogens with one attached hydrogen (secondary N) is 1. The molecular weight excluding hydrogens is 456 g/mol.